The average Bonchev–Trinajstić information content (AvgIpc) is 2.53. The van der Waals surface area contributed by atoms with E-state index in [0.717, 1.165) is 6.07 Å². The summed E-state index contributed by atoms with van der Waals surface area (Å²) in [5, 5.41) is 0.527. The number of hydrogen-bond acceptors (Lipinski definition) is 2. The molecule has 1 heterocycles. The van der Waals surface area contributed by atoms with Crippen LogP contribution in [-0.4, -0.2) is 16.9 Å². The van der Waals surface area contributed by atoms with E-state index in [9.17, 15) is 13.6 Å². The maximum Gasteiger partial charge on any atom is 0.280 e. The fourth-order valence-electron chi connectivity index (χ4n) is 2.40. The van der Waals surface area contributed by atoms with Crippen molar-refractivity contribution < 1.29 is 13.6 Å². The number of rotatable bonds is 2. The average molecular weight is 326 g/mol. The highest BCUT2D eigenvalue weighted by Crippen LogP contribution is 2.30. The highest BCUT2D eigenvalue weighted by Gasteiger charge is 2.13. The minimum atomic E-state index is -0.705. The Morgan fingerprint density at radius 2 is 1.79 bits per heavy atom. The van der Waals surface area contributed by atoms with Crippen molar-refractivity contribution >= 4 is 22.8 Å². The van der Waals surface area contributed by atoms with E-state index in [1.807, 2.05) is 0 Å². The molecular formula is C17H12F2N4O. The van der Waals surface area contributed by atoms with Gasteiger partial charge in [-0.2, -0.15) is 4.99 Å². The van der Waals surface area contributed by atoms with Gasteiger partial charge in [0, 0.05) is 28.8 Å². The monoisotopic (exact) mass is 326 g/mol. The van der Waals surface area contributed by atoms with Crippen LogP contribution >= 0.6 is 0 Å². The van der Waals surface area contributed by atoms with Crippen molar-refractivity contribution in [1.82, 2.24) is 4.98 Å². The van der Waals surface area contributed by atoms with Gasteiger partial charge in [-0.15, -0.1) is 0 Å². The molecule has 3 rings (SSSR count). The molecule has 1 amide bonds. The fourth-order valence-corrected chi connectivity index (χ4v) is 2.40. The number of aromatic nitrogens is 1. The molecule has 0 saturated carbocycles. The van der Waals surface area contributed by atoms with Gasteiger partial charge >= 0.3 is 0 Å². The molecular weight excluding hydrogens is 314 g/mol. The topological polar surface area (TPSA) is 94.4 Å². The Balaban J connectivity index is 2.22. The standard InChI is InChI=1S/C17H12F2N4O/c18-10-2-3-12(14(19)8-10)11-5-6-22-15-4-1-9(7-13(11)15)16(24)23-17(20)21/h1-8H,(H4,20,21,23,24). The third-order valence-corrected chi connectivity index (χ3v) is 3.44. The van der Waals surface area contributed by atoms with Crippen LogP contribution in [0.5, 0.6) is 0 Å². The molecule has 2 aromatic carbocycles. The summed E-state index contributed by atoms with van der Waals surface area (Å²) in [6, 6.07) is 9.55. The van der Waals surface area contributed by atoms with Crippen molar-refractivity contribution in [2.24, 2.45) is 16.5 Å². The second-order valence-electron chi connectivity index (χ2n) is 5.06. The lowest BCUT2D eigenvalue weighted by Crippen LogP contribution is -2.24. The Labute approximate surface area is 135 Å². The normalized spacial score (nSPS) is 10.6. The van der Waals surface area contributed by atoms with Crippen molar-refractivity contribution in [3.63, 3.8) is 0 Å². The van der Waals surface area contributed by atoms with Gasteiger partial charge < -0.3 is 11.5 Å². The zero-order valence-electron chi connectivity index (χ0n) is 12.3. The molecule has 0 spiro atoms. The van der Waals surface area contributed by atoms with Gasteiger partial charge in [-0.05, 0) is 42.0 Å². The molecule has 7 heteroatoms. The fraction of sp³-hybridized carbons (Fsp3) is 0. The van der Waals surface area contributed by atoms with Gasteiger partial charge in [0.25, 0.3) is 5.91 Å². The minimum absolute atomic E-state index is 0.204. The summed E-state index contributed by atoms with van der Waals surface area (Å²) in [6.07, 6.45) is 1.51. The van der Waals surface area contributed by atoms with E-state index in [0.29, 0.717) is 16.5 Å². The molecule has 4 N–H and O–H groups in total. The first-order valence-electron chi connectivity index (χ1n) is 6.94. The van der Waals surface area contributed by atoms with Crippen molar-refractivity contribution in [2.45, 2.75) is 0 Å². The molecule has 5 nitrogen and oxygen atoms in total. The Bertz CT molecular complexity index is 981. The van der Waals surface area contributed by atoms with Crippen LogP contribution in [0, 0.1) is 11.6 Å². The predicted octanol–water partition coefficient (Wildman–Crippen LogP) is 2.59. The molecule has 120 valence electrons. The van der Waals surface area contributed by atoms with Gasteiger partial charge in [0.1, 0.15) is 11.6 Å². The minimum Gasteiger partial charge on any atom is -0.370 e. The second kappa shape index (κ2) is 6.04. The quantitative estimate of drug-likeness (QED) is 0.559. The van der Waals surface area contributed by atoms with Crippen LogP contribution in [0.15, 0.2) is 53.7 Å². The van der Waals surface area contributed by atoms with Crippen molar-refractivity contribution in [2.75, 3.05) is 0 Å². The van der Waals surface area contributed by atoms with E-state index < -0.39 is 17.5 Å². The number of amides is 1. The number of halogens is 2. The zero-order chi connectivity index (χ0) is 17.3. The van der Waals surface area contributed by atoms with E-state index in [4.69, 9.17) is 11.5 Å². The Morgan fingerprint density at radius 3 is 2.50 bits per heavy atom. The summed E-state index contributed by atoms with van der Waals surface area (Å²) in [5.74, 6) is -2.34. The van der Waals surface area contributed by atoms with E-state index in [-0.39, 0.29) is 17.1 Å². The van der Waals surface area contributed by atoms with Gasteiger partial charge in [-0.3, -0.25) is 9.78 Å². The summed E-state index contributed by atoms with van der Waals surface area (Å²) in [4.78, 5) is 19.6. The number of fused-ring (bicyclic) bond motifs is 1. The van der Waals surface area contributed by atoms with Gasteiger partial charge in [0.2, 0.25) is 0 Å². The molecule has 0 radical (unpaired) electrons. The summed E-state index contributed by atoms with van der Waals surface area (Å²) < 4.78 is 27.2. The van der Waals surface area contributed by atoms with E-state index in [2.05, 4.69) is 9.98 Å². The SMILES string of the molecule is NC(N)=NC(=O)c1ccc2nccc(-c3ccc(F)cc3F)c2c1. The molecule has 0 aliphatic carbocycles. The lowest BCUT2D eigenvalue weighted by atomic mass is 9.99. The van der Waals surface area contributed by atoms with Crippen molar-refractivity contribution in [1.29, 1.82) is 0 Å². The molecule has 0 aliphatic heterocycles. The number of nitrogens with two attached hydrogens (primary N) is 2. The molecule has 0 fully saturated rings. The number of hydrogen-bond donors (Lipinski definition) is 2. The van der Waals surface area contributed by atoms with Crippen LogP contribution in [0.25, 0.3) is 22.0 Å². The molecule has 0 saturated heterocycles. The molecule has 24 heavy (non-hydrogen) atoms. The van der Waals surface area contributed by atoms with Crippen molar-refractivity contribution in [3.05, 3.63) is 65.9 Å². The molecule has 1 aromatic heterocycles. The van der Waals surface area contributed by atoms with Crippen LogP contribution in [0.4, 0.5) is 8.78 Å². The zero-order valence-corrected chi connectivity index (χ0v) is 12.3. The predicted molar refractivity (Wildman–Crippen MR) is 87.2 cm³/mol. The van der Waals surface area contributed by atoms with E-state index >= 15 is 0 Å². The lowest BCUT2D eigenvalue weighted by Gasteiger charge is -2.08. The van der Waals surface area contributed by atoms with Crippen LogP contribution in [-0.2, 0) is 0 Å². The van der Waals surface area contributed by atoms with Gasteiger partial charge in [0.15, 0.2) is 5.96 Å². The summed E-state index contributed by atoms with van der Waals surface area (Å²) in [7, 11) is 0. The number of aliphatic imine (C=N–C) groups is 1. The smallest absolute Gasteiger partial charge is 0.280 e. The van der Waals surface area contributed by atoms with Crippen LogP contribution in [0.3, 0.4) is 0 Å². The van der Waals surface area contributed by atoms with Gasteiger partial charge in [-0.1, -0.05) is 0 Å². The van der Waals surface area contributed by atoms with Crippen LogP contribution in [0.1, 0.15) is 10.4 Å². The first kappa shape index (κ1) is 15.5. The van der Waals surface area contributed by atoms with E-state index in [1.54, 1.807) is 12.1 Å². The third-order valence-electron chi connectivity index (χ3n) is 3.44. The molecule has 0 bridgehead atoms. The highest BCUT2D eigenvalue weighted by molar-refractivity contribution is 6.05. The number of nitrogens with zero attached hydrogens (tertiary/aromatic N) is 2. The maximum absolute atomic E-state index is 14.1. The number of guanidine groups is 1. The molecule has 0 unspecified atom stereocenters. The molecule has 3 aromatic rings. The Morgan fingerprint density at radius 1 is 1.00 bits per heavy atom. The molecule has 0 aliphatic rings. The van der Waals surface area contributed by atoms with Crippen molar-refractivity contribution in [3.8, 4) is 11.1 Å². The number of benzene rings is 2. The maximum atomic E-state index is 14.1. The second-order valence-corrected chi connectivity index (χ2v) is 5.06. The first-order chi connectivity index (χ1) is 11.5. The molecule has 0 atom stereocenters. The number of carbonyl (C=O) groups is 1. The van der Waals surface area contributed by atoms with Gasteiger partial charge in [0.05, 0.1) is 5.52 Å². The summed E-state index contributed by atoms with van der Waals surface area (Å²) in [5.41, 5.74) is 11.9. The van der Waals surface area contributed by atoms with E-state index in [1.165, 1.54) is 30.5 Å². The summed E-state index contributed by atoms with van der Waals surface area (Å²) >= 11 is 0. The largest absolute Gasteiger partial charge is 0.370 e. The number of pyridine rings is 1. The van der Waals surface area contributed by atoms with Crippen LogP contribution in [0.2, 0.25) is 0 Å². The Kier molecular flexibility index (Phi) is 3.91. The summed E-state index contributed by atoms with van der Waals surface area (Å²) in [6.45, 7) is 0. The highest BCUT2D eigenvalue weighted by atomic mass is 19.1. The third kappa shape index (κ3) is 2.91. The first-order valence-corrected chi connectivity index (χ1v) is 6.94. The number of carbonyl (C=O) groups excluding carboxylic acids is 1. The lowest BCUT2D eigenvalue weighted by molar-refractivity contribution is 0.100. The Hall–Kier alpha value is -3.35. The van der Waals surface area contributed by atoms with Crippen LogP contribution < -0.4 is 11.5 Å². The van der Waals surface area contributed by atoms with Gasteiger partial charge in [-0.25, -0.2) is 8.78 Å².